The third-order valence-electron chi connectivity index (χ3n) is 3.69. The Kier molecular flexibility index (Phi) is 4.09. The van der Waals surface area contributed by atoms with E-state index in [0.717, 1.165) is 4.31 Å². The van der Waals surface area contributed by atoms with Gasteiger partial charge in [0.1, 0.15) is 22.9 Å². The number of β-amino-alcohol motifs (C(OH)–C–C–N with tert-alkyl or cyclic N) is 1. The van der Waals surface area contributed by atoms with Gasteiger partial charge in [-0.05, 0) is 18.2 Å². The molecule has 0 aliphatic carbocycles. The van der Waals surface area contributed by atoms with Crippen LogP contribution in [0.1, 0.15) is 0 Å². The SMILES string of the molecule is COc1ccc(-c2ccno2)cc1S(=O)(=O)N1C[C@@H](O)[C@H](F)C1. The van der Waals surface area contributed by atoms with Gasteiger partial charge in [0.15, 0.2) is 5.76 Å². The largest absolute Gasteiger partial charge is 0.495 e. The van der Waals surface area contributed by atoms with Crippen LogP contribution in [0.3, 0.4) is 0 Å². The van der Waals surface area contributed by atoms with Gasteiger partial charge in [0.2, 0.25) is 10.0 Å². The van der Waals surface area contributed by atoms with E-state index in [1.807, 2.05) is 0 Å². The standard InChI is InChI=1S/C14H15FN2O5S/c1-21-13-3-2-9(12-4-5-16-22-12)6-14(13)23(19,20)17-7-10(15)11(18)8-17/h2-6,10-11,18H,7-8H2,1H3/t10-,11-/m1/s1. The van der Waals surface area contributed by atoms with E-state index < -0.39 is 22.3 Å². The fraction of sp³-hybridized carbons (Fsp3) is 0.357. The van der Waals surface area contributed by atoms with E-state index in [-0.39, 0.29) is 23.7 Å². The van der Waals surface area contributed by atoms with E-state index in [1.165, 1.54) is 25.4 Å². The number of aliphatic hydroxyl groups excluding tert-OH is 1. The van der Waals surface area contributed by atoms with Crippen molar-refractivity contribution in [1.82, 2.24) is 9.46 Å². The van der Waals surface area contributed by atoms with Crippen molar-refractivity contribution in [2.45, 2.75) is 17.2 Å². The summed E-state index contributed by atoms with van der Waals surface area (Å²) in [6.45, 7) is -0.682. The molecule has 1 saturated heterocycles. The molecular weight excluding hydrogens is 327 g/mol. The van der Waals surface area contributed by atoms with Gasteiger partial charge < -0.3 is 14.4 Å². The average Bonchev–Trinajstić information content (AvgIpc) is 3.18. The van der Waals surface area contributed by atoms with Crippen molar-refractivity contribution in [3.8, 4) is 17.1 Å². The molecule has 0 spiro atoms. The summed E-state index contributed by atoms with van der Waals surface area (Å²) in [7, 11) is -2.67. The normalized spacial score (nSPS) is 22.4. The monoisotopic (exact) mass is 342 g/mol. The highest BCUT2D eigenvalue weighted by Gasteiger charge is 2.40. The lowest BCUT2D eigenvalue weighted by molar-refractivity contribution is 0.117. The topological polar surface area (TPSA) is 92.9 Å². The quantitative estimate of drug-likeness (QED) is 0.893. The minimum atomic E-state index is -4.01. The summed E-state index contributed by atoms with van der Waals surface area (Å²) in [5.41, 5.74) is 0.499. The first-order valence-electron chi connectivity index (χ1n) is 6.85. The van der Waals surface area contributed by atoms with Crippen LogP contribution in [0.5, 0.6) is 5.75 Å². The number of hydrogen-bond acceptors (Lipinski definition) is 6. The Morgan fingerprint density at radius 1 is 1.39 bits per heavy atom. The van der Waals surface area contributed by atoms with Gasteiger partial charge in [-0.25, -0.2) is 12.8 Å². The maximum atomic E-state index is 13.5. The summed E-state index contributed by atoms with van der Waals surface area (Å²) in [6.07, 6.45) is -1.49. The van der Waals surface area contributed by atoms with Gasteiger partial charge in [0, 0.05) is 24.7 Å². The Bertz CT molecular complexity index is 784. The molecule has 23 heavy (non-hydrogen) atoms. The summed E-state index contributed by atoms with van der Waals surface area (Å²) >= 11 is 0. The van der Waals surface area contributed by atoms with Gasteiger partial charge in [0.25, 0.3) is 0 Å². The Morgan fingerprint density at radius 2 is 2.17 bits per heavy atom. The fourth-order valence-electron chi connectivity index (χ4n) is 2.45. The molecule has 124 valence electrons. The third-order valence-corrected chi connectivity index (χ3v) is 5.54. The molecule has 1 aromatic heterocycles. The number of aromatic nitrogens is 1. The van der Waals surface area contributed by atoms with Gasteiger partial charge in [-0.3, -0.25) is 0 Å². The van der Waals surface area contributed by atoms with E-state index in [1.54, 1.807) is 12.1 Å². The van der Waals surface area contributed by atoms with Gasteiger partial charge in [-0.2, -0.15) is 4.31 Å². The fourth-order valence-corrected chi connectivity index (χ4v) is 4.09. The molecule has 2 atom stereocenters. The summed E-state index contributed by atoms with van der Waals surface area (Å²) in [5, 5.41) is 13.1. The van der Waals surface area contributed by atoms with Gasteiger partial charge >= 0.3 is 0 Å². The third kappa shape index (κ3) is 2.82. The van der Waals surface area contributed by atoms with Crippen LogP contribution in [0.15, 0.2) is 39.9 Å². The predicted molar refractivity (Wildman–Crippen MR) is 78.2 cm³/mol. The number of rotatable bonds is 4. The zero-order valence-electron chi connectivity index (χ0n) is 12.2. The Hall–Kier alpha value is -1.97. The predicted octanol–water partition coefficient (Wildman–Crippen LogP) is 1.05. The lowest BCUT2D eigenvalue weighted by Crippen LogP contribution is -2.30. The first-order valence-corrected chi connectivity index (χ1v) is 8.29. The number of alkyl halides is 1. The van der Waals surface area contributed by atoms with Crippen molar-refractivity contribution < 1.29 is 27.2 Å². The first-order chi connectivity index (χ1) is 10.9. The van der Waals surface area contributed by atoms with Gasteiger partial charge in [-0.15, -0.1) is 0 Å². The van der Waals surface area contributed by atoms with E-state index >= 15 is 0 Å². The van der Waals surface area contributed by atoms with Crippen LogP contribution >= 0.6 is 0 Å². The number of ether oxygens (including phenoxy) is 1. The van der Waals surface area contributed by atoms with Crippen molar-refractivity contribution in [1.29, 1.82) is 0 Å². The maximum absolute atomic E-state index is 13.5. The second-order valence-corrected chi connectivity index (χ2v) is 7.05. The number of methoxy groups -OCH3 is 1. The maximum Gasteiger partial charge on any atom is 0.246 e. The van der Waals surface area contributed by atoms with Crippen LogP contribution in [0.2, 0.25) is 0 Å². The van der Waals surface area contributed by atoms with Crippen molar-refractivity contribution >= 4 is 10.0 Å². The van der Waals surface area contributed by atoms with Crippen LogP contribution < -0.4 is 4.74 Å². The minimum absolute atomic E-state index is 0.116. The molecule has 0 saturated carbocycles. The molecule has 9 heteroatoms. The lowest BCUT2D eigenvalue weighted by atomic mass is 10.2. The van der Waals surface area contributed by atoms with E-state index in [2.05, 4.69) is 5.16 Å². The van der Waals surface area contributed by atoms with Crippen LogP contribution in [-0.4, -0.2) is 55.5 Å². The molecule has 1 aliphatic heterocycles. The van der Waals surface area contributed by atoms with Crippen molar-refractivity contribution in [3.63, 3.8) is 0 Å². The van der Waals surface area contributed by atoms with Crippen LogP contribution in [0, 0.1) is 0 Å². The Balaban J connectivity index is 2.05. The molecule has 1 fully saturated rings. The lowest BCUT2D eigenvalue weighted by Gasteiger charge is -2.18. The van der Waals surface area contributed by atoms with E-state index in [0.29, 0.717) is 11.3 Å². The van der Waals surface area contributed by atoms with E-state index in [9.17, 15) is 17.9 Å². The number of hydrogen-bond donors (Lipinski definition) is 1. The molecule has 0 unspecified atom stereocenters. The number of nitrogens with zero attached hydrogens (tertiary/aromatic N) is 2. The van der Waals surface area contributed by atoms with Crippen LogP contribution in [-0.2, 0) is 10.0 Å². The van der Waals surface area contributed by atoms with Gasteiger partial charge in [-0.1, -0.05) is 5.16 Å². The van der Waals surface area contributed by atoms with Crippen molar-refractivity contribution in [2.75, 3.05) is 20.2 Å². The smallest absolute Gasteiger partial charge is 0.246 e. The van der Waals surface area contributed by atoms with Crippen molar-refractivity contribution in [3.05, 3.63) is 30.5 Å². The highest BCUT2D eigenvalue weighted by Crippen LogP contribution is 2.33. The van der Waals surface area contributed by atoms with Gasteiger partial charge in [0.05, 0.1) is 13.3 Å². The summed E-state index contributed by atoms with van der Waals surface area (Å²) in [4.78, 5) is -0.116. The highest BCUT2D eigenvalue weighted by molar-refractivity contribution is 7.89. The molecule has 2 aromatic rings. The highest BCUT2D eigenvalue weighted by atomic mass is 32.2. The van der Waals surface area contributed by atoms with Crippen molar-refractivity contribution in [2.24, 2.45) is 0 Å². The summed E-state index contributed by atoms with van der Waals surface area (Å²) in [5.74, 6) is 0.527. The molecule has 1 N–H and O–H groups in total. The van der Waals surface area contributed by atoms with E-state index in [4.69, 9.17) is 9.26 Å². The second-order valence-electron chi connectivity index (χ2n) is 5.15. The molecule has 0 amide bonds. The molecule has 1 aliphatic rings. The number of halogens is 1. The molecule has 1 aromatic carbocycles. The Labute approximate surface area is 132 Å². The second kappa shape index (κ2) is 5.91. The zero-order valence-corrected chi connectivity index (χ0v) is 13.0. The number of sulfonamides is 1. The average molecular weight is 342 g/mol. The summed E-state index contributed by atoms with van der Waals surface area (Å²) < 4.78 is 50.0. The molecule has 0 radical (unpaired) electrons. The van der Waals surface area contributed by atoms with Crippen LogP contribution in [0.25, 0.3) is 11.3 Å². The molecule has 7 nitrogen and oxygen atoms in total. The Morgan fingerprint density at radius 3 is 2.74 bits per heavy atom. The molecule has 3 rings (SSSR count). The summed E-state index contributed by atoms with van der Waals surface area (Å²) in [6, 6.07) is 6.10. The molecule has 2 heterocycles. The first kappa shape index (κ1) is 15.9. The number of aliphatic hydroxyl groups is 1. The minimum Gasteiger partial charge on any atom is -0.495 e. The zero-order chi connectivity index (χ0) is 16.6. The molecule has 0 bridgehead atoms. The number of benzene rings is 1. The van der Waals surface area contributed by atoms with Crippen LogP contribution in [0.4, 0.5) is 4.39 Å². The molecular formula is C14H15FN2O5S.